The first-order valence-electron chi connectivity index (χ1n) is 10.2. The molecule has 2 aromatic carbocycles. The number of piperidine rings is 1. The van der Waals surface area contributed by atoms with Crippen LogP contribution in [0.15, 0.2) is 36.4 Å². The number of fused-ring (bicyclic) bond motifs is 1. The molecule has 2 aliphatic rings. The van der Waals surface area contributed by atoms with Gasteiger partial charge in [-0.15, -0.1) is 0 Å². The van der Waals surface area contributed by atoms with Gasteiger partial charge in [-0.1, -0.05) is 29.3 Å². The minimum absolute atomic E-state index is 0.00601. The van der Waals surface area contributed by atoms with E-state index >= 15 is 0 Å². The molecule has 4 rings (SSSR count). The standard InChI is InChI=1S/C24H23Cl2NO5/c1-30-20-7-5-16-19(28)14-24(32-22(16)23(20)31-2)9-11-27(12-10-24)21(29)8-4-15-3-6-17(25)18(26)13-15/h3-8,13H,9-12,14H2,1-2H3/b8-4+. The molecule has 6 nitrogen and oxygen atoms in total. The normalized spacial score (nSPS) is 17.2. The lowest BCUT2D eigenvalue weighted by Gasteiger charge is -2.44. The summed E-state index contributed by atoms with van der Waals surface area (Å²) in [6.45, 7) is 0.971. The predicted octanol–water partition coefficient (Wildman–Crippen LogP) is 5.05. The zero-order valence-corrected chi connectivity index (χ0v) is 19.3. The Morgan fingerprint density at radius 3 is 2.50 bits per heavy atom. The number of methoxy groups -OCH3 is 2. The van der Waals surface area contributed by atoms with Crippen molar-refractivity contribution >= 4 is 41.0 Å². The number of carbonyl (C=O) groups is 2. The van der Waals surface area contributed by atoms with Gasteiger partial charge in [-0.3, -0.25) is 9.59 Å². The van der Waals surface area contributed by atoms with Crippen molar-refractivity contribution in [2.24, 2.45) is 0 Å². The largest absolute Gasteiger partial charge is 0.493 e. The summed E-state index contributed by atoms with van der Waals surface area (Å²) < 4.78 is 17.2. The fraction of sp³-hybridized carbons (Fsp3) is 0.333. The van der Waals surface area contributed by atoms with Gasteiger partial charge in [0.25, 0.3) is 0 Å². The molecule has 32 heavy (non-hydrogen) atoms. The van der Waals surface area contributed by atoms with Crippen molar-refractivity contribution in [1.82, 2.24) is 4.90 Å². The van der Waals surface area contributed by atoms with Crippen molar-refractivity contribution in [3.8, 4) is 17.2 Å². The summed E-state index contributed by atoms with van der Waals surface area (Å²) in [7, 11) is 3.06. The lowest BCUT2D eigenvalue weighted by atomic mass is 9.82. The Labute approximate surface area is 196 Å². The zero-order valence-electron chi connectivity index (χ0n) is 17.8. The number of ether oxygens (including phenoxy) is 3. The number of likely N-dealkylation sites (tertiary alicyclic amines) is 1. The molecule has 0 bridgehead atoms. The van der Waals surface area contributed by atoms with Gasteiger partial charge in [0.15, 0.2) is 17.3 Å². The van der Waals surface area contributed by atoms with Crippen molar-refractivity contribution in [2.75, 3.05) is 27.3 Å². The van der Waals surface area contributed by atoms with Gasteiger partial charge < -0.3 is 19.1 Å². The van der Waals surface area contributed by atoms with Crippen LogP contribution in [-0.2, 0) is 4.79 Å². The summed E-state index contributed by atoms with van der Waals surface area (Å²) in [6.07, 6.45) is 4.60. The predicted molar refractivity (Wildman–Crippen MR) is 123 cm³/mol. The molecule has 0 radical (unpaired) electrons. The highest BCUT2D eigenvalue weighted by molar-refractivity contribution is 6.42. The monoisotopic (exact) mass is 475 g/mol. The summed E-state index contributed by atoms with van der Waals surface area (Å²) in [5.74, 6) is 1.25. The maximum absolute atomic E-state index is 12.9. The van der Waals surface area contributed by atoms with Crippen LogP contribution >= 0.6 is 23.2 Å². The van der Waals surface area contributed by atoms with E-state index < -0.39 is 5.60 Å². The topological polar surface area (TPSA) is 65.1 Å². The number of benzene rings is 2. The fourth-order valence-corrected chi connectivity index (χ4v) is 4.47. The molecular weight excluding hydrogens is 453 g/mol. The molecule has 2 aromatic rings. The lowest BCUT2D eigenvalue weighted by Crippen LogP contribution is -2.52. The summed E-state index contributed by atoms with van der Waals surface area (Å²) in [5.41, 5.74) is 0.630. The second kappa shape index (κ2) is 9.04. The van der Waals surface area contributed by atoms with Crippen molar-refractivity contribution in [2.45, 2.75) is 24.9 Å². The molecule has 8 heteroatoms. The average Bonchev–Trinajstić information content (AvgIpc) is 2.79. The molecule has 1 fully saturated rings. The summed E-state index contributed by atoms with van der Waals surface area (Å²) in [5, 5.41) is 0.905. The van der Waals surface area contributed by atoms with E-state index in [0.717, 1.165) is 5.56 Å². The van der Waals surface area contributed by atoms with E-state index in [1.807, 2.05) is 0 Å². The van der Waals surface area contributed by atoms with Gasteiger partial charge in [0.1, 0.15) is 5.60 Å². The minimum Gasteiger partial charge on any atom is -0.493 e. The van der Waals surface area contributed by atoms with E-state index in [4.69, 9.17) is 37.4 Å². The first-order valence-corrected chi connectivity index (χ1v) is 11.0. The van der Waals surface area contributed by atoms with Crippen LogP contribution in [0.1, 0.15) is 35.2 Å². The molecule has 2 heterocycles. The fourth-order valence-electron chi connectivity index (χ4n) is 4.16. The van der Waals surface area contributed by atoms with Crippen LogP contribution in [0.4, 0.5) is 0 Å². The molecule has 2 aliphatic heterocycles. The Kier molecular flexibility index (Phi) is 6.35. The van der Waals surface area contributed by atoms with Gasteiger partial charge in [0.2, 0.25) is 11.7 Å². The highest BCUT2D eigenvalue weighted by Crippen LogP contribution is 2.47. The number of nitrogens with zero attached hydrogens (tertiary/aromatic N) is 1. The maximum atomic E-state index is 12.9. The van der Waals surface area contributed by atoms with Crippen LogP contribution in [0.5, 0.6) is 17.2 Å². The number of ketones is 1. The molecule has 0 N–H and O–H groups in total. The van der Waals surface area contributed by atoms with Crippen LogP contribution in [-0.4, -0.2) is 49.5 Å². The number of rotatable bonds is 4. The first kappa shape index (κ1) is 22.5. The molecule has 0 saturated carbocycles. The van der Waals surface area contributed by atoms with Crippen LogP contribution < -0.4 is 14.2 Å². The van der Waals surface area contributed by atoms with Gasteiger partial charge in [-0.05, 0) is 35.9 Å². The molecule has 0 aliphatic carbocycles. The number of hydrogen-bond donors (Lipinski definition) is 0. The molecule has 0 aromatic heterocycles. The second-order valence-corrected chi connectivity index (χ2v) is 8.71. The van der Waals surface area contributed by atoms with Crippen LogP contribution in [0.3, 0.4) is 0 Å². The Morgan fingerprint density at radius 2 is 1.84 bits per heavy atom. The Balaban J connectivity index is 1.46. The third-order valence-corrected chi connectivity index (χ3v) is 6.69. The Hall–Kier alpha value is -2.70. The summed E-state index contributed by atoms with van der Waals surface area (Å²) in [6, 6.07) is 8.61. The molecule has 1 amide bonds. The van der Waals surface area contributed by atoms with E-state index in [2.05, 4.69) is 0 Å². The van der Waals surface area contributed by atoms with Crippen LogP contribution in [0.25, 0.3) is 6.08 Å². The quantitative estimate of drug-likeness (QED) is 0.578. The number of halogens is 2. The number of hydrogen-bond acceptors (Lipinski definition) is 5. The molecule has 0 unspecified atom stereocenters. The molecular formula is C24H23Cl2NO5. The number of Topliss-reactive ketones (excluding diaryl/α,β-unsaturated/α-hetero) is 1. The van der Waals surface area contributed by atoms with Gasteiger partial charge in [-0.25, -0.2) is 0 Å². The second-order valence-electron chi connectivity index (χ2n) is 7.89. The van der Waals surface area contributed by atoms with Gasteiger partial charge in [0.05, 0.1) is 36.2 Å². The Bertz CT molecular complexity index is 1090. The van der Waals surface area contributed by atoms with Crippen molar-refractivity contribution in [3.05, 3.63) is 57.6 Å². The highest BCUT2D eigenvalue weighted by Gasteiger charge is 2.45. The van der Waals surface area contributed by atoms with Crippen molar-refractivity contribution in [1.29, 1.82) is 0 Å². The first-order chi connectivity index (χ1) is 15.4. The van der Waals surface area contributed by atoms with E-state index in [0.29, 0.717) is 58.8 Å². The highest BCUT2D eigenvalue weighted by atomic mass is 35.5. The minimum atomic E-state index is -0.659. The smallest absolute Gasteiger partial charge is 0.246 e. The van der Waals surface area contributed by atoms with Crippen molar-refractivity contribution in [3.63, 3.8) is 0 Å². The van der Waals surface area contributed by atoms with E-state index in [-0.39, 0.29) is 18.1 Å². The third-order valence-electron chi connectivity index (χ3n) is 5.95. The molecule has 0 atom stereocenters. The van der Waals surface area contributed by atoms with E-state index in [1.54, 1.807) is 48.4 Å². The maximum Gasteiger partial charge on any atom is 0.246 e. The molecule has 1 spiro atoms. The van der Waals surface area contributed by atoms with Crippen LogP contribution in [0, 0.1) is 0 Å². The van der Waals surface area contributed by atoms with Crippen LogP contribution in [0.2, 0.25) is 10.0 Å². The SMILES string of the molecule is COc1ccc2c(c1OC)OC1(CCN(C(=O)/C=C/c3ccc(Cl)c(Cl)c3)CC1)CC2=O. The molecule has 168 valence electrons. The third kappa shape index (κ3) is 4.30. The Morgan fingerprint density at radius 1 is 1.09 bits per heavy atom. The zero-order chi connectivity index (χ0) is 22.9. The van der Waals surface area contributed by atoms with Crippen molar-refractivity contribution < 1.29 is 23.8 Å². The summed E-state index contributed by atoms with van der Waals surface area (Å²) >= 11 is 12.0. The van der Waals surface area contributed by atoms with E-state index in [1.165, 1.54) is 13.2 Å². The van der Waals surface area contributed by atoms with Gasteiger partial charge in [0, 0.05) is 32.0 Å². The van der Waals surface area contributed by atoms with E-state index in [9.17, 15) is 9.59 Å². The average molecular weight is 476 g/mol. The summed E-state index contributed by atoms with van der Waals surface area (Å²) in [4.78, 5) is 27.3. The molecule has 1 saturated heterocycles. The lowest BCUT2D eigenvalue weighted by molar-refractivity contribution is -0.129. The number of amides is 1. The number of carbonyl (C=O) groups excluding carboxylic acids is 2. The van der Waals surface area contributed by atoms with Gasteiger partial charge >= 0.3 is 0 Å². The van der Waals surface area contributed by atoms with Gasteiger partial charge in [-0.2, -0.15) is 0 Å².